The summed E-state index contributed by atoms with van der Waals surface area (Å²) in [5.41, 5.74) is 6.98. The smallest absolute Gasteiger partial charge is 0.112 e. The van der Waals surface area contributed by atoms with E-state index in [1.807, 2.05) is 30.3 Å². The van der Waals surface area contributed by atoms with Gasteiger partial charge in [0.15, 0.2) is 0 Å². The monoisotopic (exact) mass is 614 g/mol. The Morgan fingerprint density at radius 3 is 2.00 bits per heavy atom. The molecule has 0 atom stereocenters. The summed E-state index contributed by atoms with van der Waals surface area (Å²) in [6.07, 6.45) is 8.95. The maximum Gasteiger partial charge on any atom is -0.112 e. The van der Waals surface area contributed by atoms with Gasteiger partial charge in [0.25, 0.3) is 0 Å². The Labute approximate surface area is 240 Å². The number of allylic oxidation sites excluding steroid dienone is 4. The number of para-hydroxylation sites is 1. The van der Waals surface area contributed by atoms with E-state index in [0.29, 0.717) is 15.0 Å². The summed E-state index contributed by atoms with van der Waals surface area (Å²) in [6.45, 7) is 0. The van der Waals surface area contributed by atoms with Crippen molar-refractivity contribution in [2.45, 2.75) is 0 Å². The Hall–Kier alpha value is -3.84. The second-order valence-electron chi connectivity index (χ2n) is 8.76. The van der Waals surface area contributed by atoms with Crippen LogP contribution in [0.25, 0.3) is 38.4 Å². The summed E-state index contributed by atoms with van der Waals surface area (Å²) in [5, 5.41) is 1.11. The van der Waals surface area contributed by atoms with Crippen LogP contribution in [-0.4, -0.2) is 15.0 Å². The minimum atomic E-state index is -4.94. The molecule has 2 heterocycles. The van der Waals surface area contributed by atoms with Gasteiger partial charge >= 0.3 is 206 Å². The van der Waals surface area contributed by atoms with E-state index in [9.17, 15) is 0 Å². The van der Waals surface area contributed by atoms with Crippen molar-refractivity contribution in [3.63, 3.8) is 0 Å². The van der Waals surface area contributed by atoms with Crippen molar-refractivity contribution in [3.8, 4) is 11.3 Å². The van der Waals surface area contributed by atoms with Gasteiger partial charge in [0.05, 0.1) is 0 Å². The van der Waals surface area contributed by atoms with Gasteiger partial charge in [-0.05, 0) is 0 Å². The van der Waals surface area contributed by atoms with Crippen LogP contribution in [0.3, 0.4) is 0 Å². The molecule has 0 amide bonds. The van der Waals surface area contributed by atoms with Crippen molar-refractivity contribution in [3.05, 3.63) is 150 Å². The Morgan fingerprint density at radius 1 is 0.675 bits per heavy atom. The summed E-state index contributed by atoms with van der Waals surface area (Å²) < 4.78 is 43.0. The average molecular weight is 614 g/mol. The number of halogens is 1. The van der Waals surface area contributed by atoms with E-state index in [0.717, 1.165) is 27.9 Å². The second kappa shape index (κ2) is 12.6. The summed E-state index contributed by atoms with van der Waals surface area (Å²) in [5.74, 6) is 0.869. The molecule has 0 fully saturated rings. The molecule has 0 aliphatic carbocycles. The summed E-state index contributed by atoms with van der Waals surface area (Å²) in [4.78, 5) is 0. The van der Waals surface area contributed by atoms with Gasteiger partial charge in [-0.1, -0.05) is 6.07 Å². The standard InChI is InChI=1S/C33H23OSe.ClHO4/c1-3-12-24(13-4-1)31-22-26(28-18-7-9-20-30(28)34-31)16-11-17-27-23-33(25-14-5-2-6-15-25)35-32-21-10-8-19-29(27)32;2-1(3,4)5/h1-23H;(H,2,3,4,5)/q+1;/p-1/b16-11-,27-17-;. The van der Waals surface area contributed by atoms with E-state index in [1.54, 1.807) is 0 Å². The first-order valence-corrected chi connectivity index (χ1v) is 15.3. The van der Waals surface area contributed by atoms with Crippen LogP contribution >= 0.6 is 0 Å². The second-order valence-corrected chi connectivity index (χ2v) is 11.8. The van der Waals surface area contributed by atoms with Gasteiger partial charge in [-0.2, -0.15) is 0 Å². The number of benzene rings is 4. The number of rotatable bonds is 4. The normalized spacial score (nSPS) is 14.0. The molecule has 40 heavy (non-hydrogen) atoms. The van der Waals surface area contributed by atoms with Crippen LogP contribution in [0.2, 0.25) is 0 Å². The van der Waals surface area contributed by atoms with Gasteiger partial charge < -0.3 is 0 Å². The number of fused-ring (bicyclic) bond motifs is 2. The molecule has 0 N–H and O–H groups in total. The van der Waals surface area contributed by atoms with Gasteiger partial charge in [0.1, 0.15) is 0 Å². The van der Waals surface area contributed by atoms with Gasteiger partial charge in [0, 0.05) is 0 Å². The fourth-order valence-corrected chi connectivity index (χ4v) is 6.69. The first-order valence-electron chi connectivity index (χ1n) is 12.3. The fraction of sp³-hybridized carbons (Fsp3) is 0. The maximum absolute atomic E-state index is 8.49. The minimum absolute atomic E-state index is 0.292. The van der Waals surface area contributed by atoms with E-state index in [-0.39, 0.29) is 0 Å². The molecule has 1 aliphatic heterocycles. The molecule has 0 spiro atoms. The van der Waals surface area contributed by atoms with Gasteiger partial charge in [-0.25, -0.2) is 18.6 Å². The number of hydrogen-bond acceptors (Lipinski definition) is 4. The van der Waals surface area contributed by atoms with Crippen molar-refractivity contribution < 1.29 is 33.3 Å². The summed E-state index contributed by atoms with van der Waals surface area (Å²) in [6, 6.07) is 40.1. The van der Waals surface area contributed by atoms with Crippen molar-refractivity contribution in [2.75, 3.05) is 0 Å². The van der Waals surface area contributed by atoms with Crippen LogP contribution in [-0.2, 0) is 0 Å². The quantitative estimate of drug-likeness (QED) is 0.229. The van der Waals surface area contributed by atoms with Crippen LogP contribution in [0, 0.1) is 10.2 Å². The molecule has 0 bridgehead atoms. The van der Waals surface area contributed by atoms with Crippen LogP contribution in [0.1, 0.15) is 16.7 Å². The molecule has 1 aromatic heterocycles. The Balaban J connectivity index is 0.000000595. The third-order valence-corrected chi connectivity index (χ3v) is 8.49. The molecule has 7 heteroatoms. The van der Waals surface area contributed by atoms with E-state index in [2.05, 4.69) is 109 Å². The predicted molar refractivity (Wildman–Crippen MR) is 149 cm³/mol. The molecule has 0 radical (unpaired) electrons. The Morgan fingerprint density at radius 2 is 1.27 bits per heavy atom. The molecular formula is C33H23ClO5Se. The molecular weight excluding hydrogens is 591 g/mol. The third-order valence-electron chi connectivity index (χ3n) is 6.08. The van der Waals surface area contributed by atoms with Crippen molar-refractivity contribution in [1.29, 1.82) is 0 Å². The van der Waals surface area contributed by atoms with E-state index < -0.39 is 10.2 Å². The van der Waals surface area contributed by atoms with Crippen LogP contribution in [0.5, 0.6) is 0 Å². The molecule has 5 aromatic rings. The Bertz CT molecular complexity index is 1700. The minimum Gasteiger partial charge on any atom is -0.222 e. The molecule has 6 rings (SSSR count). The Kier molecular flexibility index (Phi) is 8.70. The van der Waals surface area contributed by atoms with Crippen molar-refractivity contribution >= 4 is 46.5 Å². The zero-order chi connectivity index (χ0) is 28.0. The molecule has 1 aliphatic rings. The number of hydrogen-bond donors (Lipinski definition) is 0. The fourth-order valence-electron chi connectivity index (χ4n) is 4.34. The average Bonchev–Trinajstić information content (AvgIpc) is 2.97. The van der Waals surface area contributed by atoms with Crippen LogP contribution < -0.4 is 23.1 Å². The molecule has 0 unspecified atom stereocenters. The van der Waals surface area contributed by atoms with Gasteiger partial charge in [0.2, 0.25) is 0 Å². The third kappa shape index (κ3) is 7.21. The van der Waals surface area contributed by atoms with E-state index in [1.165, 1.54) is 25.6 Å². The molecule has 198 valence electrons. The van der Waals surface area contributed by atoms with E-state index >= 15 is 0 Å². The van der Waals surface area contributed by atoms with Crippen LogP contribution in [0.4, 0.5) is 0 Å². The van der Waals surface area contributed by atoms with Crippen LogP contribution in [0.15, 0.2) is 138 Å². The zero-order valence-electron chi connectivity index (χ0n) is 21.1. The SMILES string of the molecule is C1=C(c2ccccc2)[Se]c2ccccc2/C1=C\C=C/c1cc(-c2ccccc2)[o+]c2ccccc12.[O-][Cl+3]([O-])([O-])[O-]. The first kappa shape index (κ1) is 27.7. The maximum atomic E-state index is 8.49. The molecule has 5 nitrogen and oxygen atoms in total. The molecule has 0 saturated heterocycles. The van der Waals surface area contributed by atoms with Gasteiger partial charge in [-0.15, -0.1) is 10.2 Å². The van der Waals surface area contributed by atoms with Crippen molar-refractivity contribution in [2.24, 2.45) is 0 Å². The van der Waals surface area contributed by atoms with Gasteiger partial charge in [-0.3, -0.25) is 0 Å². The topological polar surface area (TPSA) is 104 Å². The zero-order valence-corrected chi connectivity index (χ0v) is 23.6. The van der Waals surface area contributed by atoms with E-state index in [4.69, 9.17) is 23.1 Å². The molecule has 4 aromatic carbocycles. The largest absolute Gasteiger partial charge is 0.222 e. The summed E-state index contributed by atoms with van der Waals surface area (Å²) >= 11 is 0.292. The summed E-state index contributed by atoms with van der Waals surface area (Å²) in [7, 11) is -4.94. The molecule has 0 saturated carbocycles. The predicted octanol–water partition coefficient (Wildman–Crippen LogP) is 3.11. The van der Waals surface area contributed by atoms with Crippen molar-refractivity contribution in [1.82, 2.24) is 0 Å². The first-order chi connectivity index (χ1) is 19.3.